The molecular weight excluding hydrogens is 260 g/mol. The third-order valence-electron chi connectivity index (χ3n) is 3.02. The molecule has 7 nitrogen and oxygen atoms in total. The van der Waals surface area contributed by atoms with Gasteiger partial charge in [0.25, 0.3) is 5.91 Å². The van der Waals surface area contributed by atoms with Gasteiger partial charge in [-0.25, -0.2) is 0 Å². The average molecular weight is 280 g/mol. The Morgan fingerprint density at radius 2 is 2.35 bits per heavy atom. The molecule has 0 aromatic carbocycles. The molecule has 1 aromatic rings. The van der Waals surface area contributed by atoms with Crippen molar-refractivity contribution in [3.8, 4) is 5.75 Å². The zero-order chi connectivity index (χ0) is 15.1. The summed E-state index contributed by atoms with van der Waals surface area (Å²) in [5, 5.41) is 11.6. The first-order valence-corrected chi connectivity index (χ1v) is 6.29. The number of hydrogen-bond donors (Lipinski definition) is 2. The maximum absolute atomic E-state index is 12.5. The SMILES string of the molecule is CCN(CC(C)/C(N)=N/O)C(=O)c1ccncc1OC. The molecule has 1 heterocycles. The van der Waals surface area contributed by atoms with Crippen LogP contribution in [0.1, 0.15) is 24.2 Å². The molecule has 0 aliphatic rings. The Hall–Kier alpha value is -2.31. The molecular formula is C13H20N4O3. The van der Waals surface area contributed by atoms with Crippen LogP contribution in [0.4, 0.5) is 0 Å². The number of nitrogens with zero attached hydrogens (tertiary/aromatic N) is 3. The van der Waals surface area contributed by atoms with Gasteiger partial charge in [0.2, 0.25) is 0 Å². The Bertz CT molecular complexity index is 490. The summed E-state index contributed by atoms with van der Waals surface area (Å²) in [6.45, 7) is 4.52. The van der Waals surface area contributed by atoms with Crippen LogP contribution in [0.2, 0.25) is 0 Å². The summed E-state index contributed by atoms with van der Waals surface area (Å²) in [6, 6.07) is 1.61. The summed E-state index contributed by atoms with van der Waals surface area (Å²) >= 11 is 0. The summed E-state index contributed by atoms with van der Waals surface area (Å²) in [5.74, 6) is 0.103. The quantitative estimate of drug-likeness (QED) is 0.349. The number of ether oxygens (including phenoxy) is 1. The van der Waals surface area contributed by atoms with Gasteiger partial charge in [-0.3, -0.25) is 9.78 Å². The van der Waals surface area contributed by atoms with E-state index in [2.05, 4.69) is 10.1 Å². The summed E-state index contributed by atoms with van der Waals surface area (Å²) < 4.78 is 5.14. The second-order valence-electron chi connectivity index (χ2n) is 4.35. The predicted octanol–water partition coefficient (Wildman–Crippen LogP) is 0.935. The van der Waals surface area contributed by atoms with Crippen molar-refractivity contribution in [1.29, 1.82) is 0 Å². The molecule has 0 saturated heterocycles. The monoisotopic (exact) mass is 280 g/mol. The number of pyridine rings is 1. The van der Waals surface area contributed by atoms with E-state index in [0.29, 0.717) is 24.4 Å². The highest BCUT2D eigenvalue weighted by Crippen LogP contribution is 2.18. The van der Waals surface area contributed by atoms with Crippen molar-refractivity contribution in [3.63, 3.8) is 0 Å². The van der Waals surface area contributed by atoms with Crippen LogP contribution in [0.5, 0.6) is 5.75 Å². The topological polar surface area (TPSA) is 101 Å². The number of amides is 1. The number of carbonyl (C=O) groups is 1. The number of rotatable bonds is 6. The van der Waals surface area contributed by atoms with E-state index >= 15 is 0 Å². The molecule has 1 amide bonds. The lowest BCUT2D eigenvalue weighted by atomic mass is 10.1. The molecule has 110 valence electrons. The van der Waals surface area contributed by atoms with Crippen molar-refractivity contribution in [3.05, 3.63) is 24.0 Å². The molecule has 1 rings (SSSR count). The minimum atomic E-state index is -0.239. The van der Waals surface area contributed by atoms with Crippen LogP contribution >= 0.6 is 0 Å². The molecule has 0 saturated carbocycles. The predicted molar refractivity (Wildman–Crippen MR) is 74.9 cm³/mol. The van der Waals surface area contributed by atoms with Gasteiger partial charge in [0.1, 0.15) is 11.6 Å². The number of methoxy groups -OCH3 is 1. The molecule has 0 spiro atoms. The Morgan fingerprint density at radius 3 is 2.90 bits per heavy atom. The van der Waals surface area contributed by atoms with Crippen LogP contribution in [0, 0.1) is 5.92 Å². The Morgan fingerprint density at radius 1 is 1.65 bits per heavy atom. The van der Waals surface area contributed by atoms with E-state index in [9.17, 15) is 4.79 Å². The third-order valence-corrected chi connectivity index (χ3v) is 3.02. The smallest absolute Gasteiger partial charge is 0.257 e. The Kier molecular flexibility index (Phi) is 5.76. The highest BCUT2D eigenvalue weighted by molar-refractivity contribution is 5.97. The molecule has 3 N–H and O–H groups in total. The van der Waals surface area contributed by atoms with E-state index in [0.717, 1.165) is 0 Å². The van der Waals surface area contributed by atoms with Gasteiger partial charge in [-0.1, -0.05) is 12.1 Å². The lowest BCUT2D eigenvalue weighted by Crippen LogP contribution is -2.38. The minimum Gasteiger partial charge on any atom is -0.494 e. The maximum atomic E-state index is 12.5. The van der Waals surface area contributed by atoms with Crippen molar-refractivity contribution in [2.75, 3.05) is 20.2 Å². The van der Waals surface area contributed by atoms with E-state index in [4.69, 9.17) is 15.7 Å². The normalized spacial score (nSPS) is 12.8. The summed E-state index contributed by atoms with van der Waals surface area (Å²) in [6.07, 6.45) is 3.03. The van der Waals surface area contributed by atoms with Crippen molar-refractivity contribution in [2.24, 2.45) is 16.8 Å². The summed E-state index contributed by atoms with van der Waals surface area (Å²) in [4.78, 5) is 18.0. The van der Waals surface area contributed by atoms with Crippen LogP contribution in [0.3, 0.4) is 0 Å². The van der Waals surface area contributed by atoms with Gasteiger partial charge in [0.05, 0.1) is 18.9 Å². The molecule has 0 aliphatic heterocycles. The maximum Gasteiger partial charge on any atom is 0.257 e. The zero-order valence-electron chi connectivity index (χ0n) is 11.9. The number of nitrogens with two attached hydrogens (primary N) is 1. The standard InChI is InChI=1S/C13H20N4O3/c1-4-17(8-9(2)12(14)16-19)13(18)10-5-6-15-7-11(10)20-3/h5-7,9,19H,4,8H2,1-3H3,(H2,14,16). The van der Waals surface area contributed by atoms with Gasteiger partial charge in [-0.15, -0.1) is 0 Å². The van der Waals surface area contributed by atoms with Crippen molar-refractivity contribution in [1.82, 2.24) is 9.88 Å². The molecule has 20 heavy (non-hydrogen) atoms. The van der Waals surface area contributed by atoms with Gasteiger partial charge < -0.3 is 20.6 Å². The van der Waals surface area contributed by atoms with E-state index in [-0.39, 0.29) is 17.7 Å². The fourth-order valence-corrected chi connectivity index (χ4v) is 1.77. The molecule has 0 radical (unpaired) electrons. The van der Waals surface area contributed by atoms with E-state index in [1.165, 1.54) is 19.5 Å². The lowest BCUT2D eigenvalue weighted by Gasteiger charge is -2.24. The number of amidine groups is 1. The van der Waals surface area contributed by atoms with E-state index in [1.807, 2.05) is 6.92 Å². The molecule has 0 fully saturated rings. The fourth-order valence-electron chi connectivity index (χ4n) is 1.77. The second kappa shape index (κ2) is 7.32. The molecule has 0 bridgehead atoms. The average Bonchev–Trinajstić information content (AvgIpc) is 2.50. The van der Waals surface area contributed by atoms with Crippen LogP contribution in [-0.2, 0) is 0 Å². The van der Waals surface area contributed by atoms with E-state index in [1.54, 1.807) is 17.9 Å². The lowest BCUT2D eigenvalue weighted by molar-refractivity contribution is 0.0750. The number of aromatic nitrogens is 1. The van der Waals surface area contributed by atoms with Crippen LogP contribution < -0.4 is 10.5 Å². The van der Waals surface area contributed by atoms with Gasteiger partial charge in [0, 0.05) is 25.2 Å². The first-order chi connectivity index (χ1) is 9.54. The van der Waals surface area contributed by atoms with Gasteiger partial charge >= 0.3 is 0 Å². The summed E-state index contributed by atoms with van der Waals surface area (Å²) in [5.41, 5.74) is 5.98. The van der Waals surface area contributed by atoms with Crippen molar-refractivity contribution < 1.29 is 14.7 Å². The first kappa shape index (κ1) is 15.7. The van der Waals surface area contributed by atoms with Gasteiger partial charge in [-0.05, 0) is 13.0 Å². The molecule has 7 heteroatoms. The van der Waals surface area contributed by atoms with Crippen LogP contribution in [0.15, 0.2) is 23.6 Å². The largest absolute Gasteiger partial charge is 0.494 e. The first-order valence-electron chi connectivity index (χ1n) is 6.29. The molecule has 1 aromatic heterocycles. The fraction of sp³-hybridized carbons (Fsp3) is 0.462. The highest BCUT2D eigenvalue weighted by Gasteiger charge is 2.21. The number of oxime groups is 1. The van der Waals surface area contributed by atoms with Gasteiger partial charge in [-0.2, -0.15) is 0 Å². The number of hydrogen-bond acceptors (Lipinski definition) is 5. The second-order valence-corrected chi connectivity index (χ2v) is 4.35. The molecule has 1 unspecified atom stereocenters. The highest BCUT2D eigenvalue weighted by atomic mass is 16.5. The van der Waals surface area contributed by atoms with Crippen LogP contribution in [0.25, 0.3) is 0 Å². The molecule has 1 atom stereocenters. The van der Waals surface area contributed by atoms with Crippen molar-refractivity contribution in [2.45, 2.75) is 13.8 Å². The summed E-state index contributed by atoms with van der Waals surface area (Å²) in [7, 11) is 1.49. The minimum absolute atomic E-state index is 0.0953. The third kappa shape index (κ3) is 3.59. The molecule has 0 aliphatic carbocycles. The Balaban J connectivity index is 2.92. The van der Waals surface area contributed by atoms with Crippen molar-refractivity contribution >= 4 is 11.7 Å². The Labute approximate surface area is 118 Å². The zero-order valence-corrected chi connectivity index (χ0v) is 11.9. The van der Waals surface area contributed by atoms with Gasteiger partial charge in [0.15, 0.2) is 0 Å². The number of carbonyl (C=O) groups excluding carboxylic acids is 1. The van der Waals surface area contributed by atoms with E-state index < -0.39 is 0 Å². The van der Waals surface area contributed by atoms with Crippen LogP contribution in [-0.4, -0.2) is 47.0 Å².